The SMILES string of the molecule is CCN(C)c1cccnc1N1CCN(C(=O)c2cc3cc(NS(=O)(=O)N4CCOCC4)ccc3[nH]2)CC1. The highest BCUT2D eigenvalue weighted by Crippen LogP contribution is 2.27. The van der Waals surface area contributed by atoms with Gasteiger partial charge < -0.3 is 24.4 Å². The number of piperazine rings is 1. The molecule has 0 spiro atoms. The molecule has 2 saturated heterocycles. The molecule has 5 rings (SSSR count). The third kappa shape index (κ3) is 5.36. The molecule has 12 heteroatoms. The molecule has 0 aliphatic carbocycles. The van der Waals surface area contributed by atoms with Crippen LogP contribution >= 0.6 is 0 Å². The van der Waals surface area contributed by atoms with Gasteiger partial charge in [0.05, 0.1) is 24.6 Å². The number of aromatic amines is 1. The second-order valence-corrected chi connectivity index (χ2v) is 10.9. The number of nitrogens with zero attached hydrogens (tertiary/aromatic N) is 5. The Labute approximate surface area is 217 Å². The second-order valence-electron chi connectivity index (χ2n) is 9.24. The van der Waals surface area contributed by atoms with Gasteiger partial charge in [-0.05, 0) is 43.3 Å². The van der Waals surface area contributed by atoms with E-state index in [1.165, 1.54) is 4.31 Å². The second kappa shape index (κ2) is 10.6. The van der Waals surface area contributed by atoms with Gasteiger partial charge in [0, 0.05) is 70.0 Å². The molecule has 2 fully saturated rings. The Bertz CT molecular complexity index is 1360. The van der Waals surface area contributed by atoms with E-state index in [1.54, 1.807) is 30.5 Å². The summed E-state index contributed by atoms with van der Waals surface area (Å²) in [4.78, 5) is 27.3. The fourth-order valence-electron chi connectivity index (χ4n) is 4.70. The molecule has 11 nitrogen and oxygen atoms in total. The Morgan fingerprint density at radius 3 is 2.59 bits per heavy atom. The minimum absolute atomic E-state index is 0.0711. The average molecular weight is 528 g/mol. The summed E-state index contributed by atoms with van der Waals surface area (Å²) < 4.78 is 34.6. The average Bonchev–Trinajstić information content (AvgIpc) is 3.36. The molecule has 2 aromatic heterocycles. The van der Waals surface area contributed by atoms with Crippen molar-refractivity contribution in [1.82, 2.24) is 19.2 Å². The van der Waals surface area contributed by atoms with Crippen LogP contribution < -0.4 is 14.5 Å². The summed E-state index contributed by atoms with van der Waals surface area (Å²) in [5, 5.41) is 0.768. The van der Waals surface area contributed by atoms with E-state index in [0.717, 1.165) is 29.0 Å². The van der Waals surface area contributed by atoms with E-state index in [1.807, 2.05) is 11.0 Å². The smallest absolute Gasteiger partial charge is 0.301 e. The highest BCUT2D eigenvalue weighted by molar-refractivity contribution is 7.90. The van der Waals surface area contributed by atoms with E-state index in [4.69, 9.17) is 4.74 Å². The highest BCUT2D eigenvalue weighted by atomic mass is 32.2. The Morgan fingerprint density at radius 1 is 1.11 bits per heavy atom. The predicted molar refractivity (Wildman–Crippen MR) is 145 cm³/mol. The standard InChI is InChI=1S/C25H33N7O4S/c1-3-29(2)23-5-4-8-26-24(23)30-9-11-31(12-10-30)25(33)22-18-19-17-20(6-7-21(19)27-22)28-37(34,35)32-13-15-36-16-14-32/h4-8,17-18,27-28H,3,9-16H2,1-2H3. The molecule has 2 N–H and O–H groups in total. The highest BCUT2D eigenvalue weighted by Gasteiger charge is 2.27. The summed E-state index contributed by atoms with van der Waals surface area (Å²) in [6, 6.07) is 11.0. The number of rotatable bonds is 7. The van der Waals surface area contributed by atoms with Crippen molar-refractivity contribution in [3.63, 3.8) is 0 Å². The van der Waals surface area contributed by atoms with E-state index < -0.39 is 10.2 Å². The molecule has 4 heterocycles. The zero-order valence-corrected chi connectivity index (χ0v) is 22.0. The Balaban J connectivity index is 1.25. The summed E-state index contributed by atoms with van der Waals surface area (Å²) in [5.74, 6) is 0.870. The van der Waals surface area contributed by atoms with Gasteiger partial charge in [0.25, 0.3) is 5.91 Å². The van der Waals surface area contributed by atoms with Crippen molar-refractivity contribution in [3.05, 3.63) is 48.3 Å². The largest absolute Gasteiger partial charge is 0.379 e. The monoisotopic (exact) mass is 527 g/mol. The number of hydrogen-bond acceptors (Lipinski definition) is 7. The van der Waals surface area contributed by atoms with Crippen LogP contribution in [0.5, 0.6) is 0 Å². The molecule has 1 amide bonds. The first-order valence-corrected chi connectivity index (χ1v) is 14.0. The Hall–Kier alpha value is -3.35. The zero-order valence-electron chi connectivity index (χ0n) is 21.2. The van der Waals surface area contributed by atoms with Crippen molar-refractivity contribution in [3.8, 4) is 0 Å². The van der Waals surface area contributed by atoms with Crippen LogP contribution in [0.2, 0.25) is 0 Å². The number of carbonyl (C=O) groups is 1. The van der Waals surface area contributed by atoms with Gasteiger partial charge >= 0.3 is 10.2 Å². The molecule has 198 valence electrons. The molecule has 2 aliphatic heterocycles. The van der Waals surface area contributed by atoms with Gasteiger partial charge in [-0.1, -0.05) is 0 Å². The van der Waals surface area contributed by atoms with Crippen LogP contribution in [-0.4, -0.2) is 99.6 Å². The van der Waals surface area contributed by atoms with Gasteiger partial charge in [-0.2, -0.15) is 12.7 Å². The lowest BCUT2D eigenvalue weighted by Crippen LogP contribution is -2.49. The number of benzene rings is 1. The van der Waals surface area contributed by atoms with Crippen molar-refractivity contribution >= 4 is 44.2 Å². The van der Waals surface area contributed by atoms with Gasteiger partial charge in [-0.15, -0.1) is 0 Å². The zero-order chi connectivity index (χ0) is 26.0. The molecule has 0 unspecified atom stereocenters. The maximum absolute atomic E-state index is 13.3. The topological polar surface area (TPSA) is 114 Å². The number of fused-ring (bicyclic) bond motifs is 1. The first-order chi connectivity index (χ1) is 17.9. The summed E-state index contributed by atoms with van der Waals surface area (Å²) >= 11 is 0. The third-order valence-corrected chi connectivity index (χ3v) is 8.46. The Kier molecular flexibility index (Phi) is 7.22. The van der Waals surface area contributed by atoms with E-state index in [9.17, 15) is 13.2 Å². The maximum Gasteiger partial charge on any atom is 0.301 e. The van der Waals surface area contributed by atoms with Gasteiger partial charge in [0.1, 0.15) is 5.69 Å². The van der Waals surface area contributed by atoms with Crippen LogP contribution in [0.25, 0.3) is 10.9 Å². The summed E-state index contributed by atoms with van der Waals surface area (Å²) in [6.07, 6.45) is 1.81. The van der Waals surface area contributed by atoms with Gasteiger partial charge in [0.15, 0.2) is 5.82 Å². The fraction of sp³-hybridized carbons (Fsp3) is 0.440. The number of pyridine rings is 1. The first kappa shape index (κ1) is 25.3. The number of hydrogen-bond donors (Lipinski definition) is 2. The van der Waals surface area contributed by atoms with E-state index in [0.29, 0.717) is 63.9 Å². The molecule has 37 heavy (non-hydrogen) atoms. The van der Waals surface area contributed by atoms with Crippen molar-refractivity contribution in [2.75, 3.05) is 80.6 Å². The number of anilines is 3. The van der Waals surface area contributed by atoms with Crippen LogP contribution in [0.4, 0.5) is 17.2 Å². The number of amides is 1. The van der Waals surface area contributed by atoms with Crippen molar-refractivity contribution in [2.45, 2.75) is 6.92 Å². The molecule has 0 atom stereocenters. The van der Waals surface area contributed by atoms with Gasteiger partial charge in [0.2, 0.25) is 0 Å². The summed E-state index contributed by atoms with van der Waals surface area (Å²) in [6.45, 7) is 6.98. The van der Waals surface area contributed by atoms with E-state index in [2.05, 4.69) is 44.5 Å². The fourth-order valence-corrected chi connectivity index (χ4v) is 5.89. The van der Waals surface area contributed by atoms with Gasteiger partial charge in [-0.3, -0.25) is 9.52 Å². The first-order valence-electron chi connectivity index (χ1n) is 12.5. The maximum atomic E-state index is 13.3. The van der Waals surface area contributed by atoms with Crippen molar-refractivity contribution in [1.29, 1.82) is 0 Å². The van der Waals surface area contributed by atoms with Crippen LogP contribution in [0, 0.1) is 0 Å². The number of carbonyl (C=O) groups excluding carboxylic acids is 1. The van der Waals surface area contributed by atoms with E-state index >= 15 is 0 Å². The molecule has 0 saturated carbocycles. The lowest BCUT2D eigenvalue weighted by Gasteiger charge is -2.36. The Morgan fingerprint density at radius 2 is 1.86 bits per heavy atom. The lowest BCUT2D eigenvalue weighted by molar-refractivity contribution is 0.0733. The molecule has 0 bridgehead atoms. The molecule has 1 aromatic carbocycles. The molecular formula is C25H33N7O4S. The number of aromatic nitrogens is 2. The minimum Gasteiger partial charge on any atom is -0.379 e. The lowest BCUT2D eigenvalue weighted by atomic mass is 10.2. The quantitative estimate of drug-likeness (QED) is 0.483. The number of ether oxygens (including phenoxy) is 1. The molecule has 2 aliphatic rings. The molecule has 3 aromatic rings. The van der Waals surface area contributed by atoms with Crippen LogP contribution in [0.1, 0.15) is 17.4 Å². The number of nitrogens with one attached hydrogen (secondary N) is 2. The number of morpholine rings is 1. The summed E-state index contributed by atoms with van der Waals surface area (Å²) in [5.41, 5.74) is 2.80. The van der Waals surface area contributed by atoms with Crippen molar-refractivity contribution in [2.24, 2.45) is 0 Å². The number of H-pyrrole nitrogens is 1. The molecule has 0 radical (unpaired) electrons. The predicted octanol–water partition coefficient (Wildman–Crippen LogP) is 1.97. The van der Waals surface area contributed by atoms with Crippen LogP contribution in [-0.2, 0) is 14.9 Å². The third-order valence-electron chi connectivity index (χ3n) is 6.93. The van der Waals surface area contributed by atoms with E-state index in [-0.39, 0.29) is 5.91 Å². The van der Waals surface area contributed by atoms with Gasteiger partial charge in [-0.25, -0.2) is 4.98 Å². The normalized spacial score (nSPS) is 17.2. The molecular weight excluding hydrogens is 494 g/mol. The van der Waals surface area contributed by atoms with Crippen molar-refractivity contribution < 1.29 is 17.9 Å². The minimum atomic E-state index is -3.67. The van der Waals surface area contributed by atoms with Crippen LogP contribution in [0.15, 0.2) is 42.6 Å². The van der Waals surface area contributed by atoms with Crippen LogP contribution in [0.3, 0.4) is 0 Å². The summed E-state index contributed by atoms with van der Waals surface area (Å²) in [7, 11) is -1.61.